The number of likely N-dealkylation sites (N-methyl/N-ethyl adjacent to an activating group) is 1. The monoisotopic (exact) mass is 377 g/mol. The average molecular weight is 377 g/mol. The quantitative estimate of drug-likeness (QED) is 0.862. The zero-order valence-electron chi connectivity index (χ0n) is 17.2. The first kappa shape index (κ1) is 19.9. The number of carbonyl (C=O) groups is 1. The summed E-state index contributed by atoms with van der Waals surface area (Å²) in [5.41, 5.74) is 4.19. The van der Waals surface area contributed by atoms with E-state index in [9.17, 15) is 10.1 Å². The highest BCUT2D eigenvalue weighted by Crippen LogP contribution is 2.34. The number of hydrogen-bond acceptors (Lipinski definition) is 4. The molecule has 0 spiro atoms. The van der Waals surface area contributed by atoms with E-state index in [1.54, 1.807) is 18.2 Å². The van der Waals surface area contributed by atoms with Crippen molar-refractivity contribution in [1.29, 1.82) is 5.26 Å². The van der Waals surface area contributed by atoms with E-state index in [1.807, 2.05) is 26.0 Å². The molecule has 0 saturated heterocycles. The number of benzene rings is 2. The highest BCUT2D eigenvalue weighted by Gasteiger charge is 2.30. The number of nitrogens with zero attached hydrogens (tertiary/aromatic N) is 2. The molecule has 2 aromatic carbocycles. The van der Waals surface area contributed by atoms with Crippen molar-refractivity contribution in [2.45, 2.75) is 45.8 Å². The zero-order valence-corrected chi connectivity index (χ0v) is 17.2. The summed E-state index contributed by atoms with van der Waals surface area (Å²) in [5, 5.41) is 12.3. The summed E-state index contributed by atoms with van der Waals surface area (Å²) in [6, 6.07) is 13.1. The van der Waals surface area contributed by atoms with Crippen LogP contribution in [0.15, 0.2) is 36.4 Å². The number of nitrogens with one attached hydrogen (secondary N) is 1. The molecule has 5 nitrogen and oxygen atoms in total. The van der Waals surface area contributed by atoms with Crippen molar-refractivity contribution < 1.29 is 9.53 Å². The van der Waals surface area contributed by atoms with E-state index in [4.69, 9.17) is 4.74 Å². The van der Waals surface area contributed by atoms with Crippen LogP contribution in [0.3, 0.4) is 0 Å². The summed E-state index contributed by atoms with van der Waals surface area (Å²) in [5.74, 6) is 0.254. The van der Waals surface area contributed by atoms with Crippen LogP contribution in [0.5, 0.6) is 5.75 Å². The highest BCUT2D eigenvalue weighted by molar-refractivity contribution is 6.04. The highest BCUT2D eigenvalue weighted by atomic mass is 16.5. The lowest BCUT2D eigenvalue weighted by Crippen LogP contribution is -2.39. The molecule has 1 N–H and O–H groups in total. The van der Waals surface area contributed by atoms with Crippen LogP contribution in [0, 0.1) is 11.3 Å². The number of amides is 1. The van der Waals surface area contributed by atoms with Crippen LogP contribution in [0.2, 0.25) is 0 Å². The molecule has 28 heavy (non-hydrogen) atoms. The van der Waals surface area contributed by atoms with Crippen molar-refractivity contribution in [3.05, 3.63) is 58.7 Å². The predicted octanol–water partition coefficient (Wildman–Crippen LogP) is 4.32. The molecule has 1 heterocycles. The Morgan fingerprint density at radius 2 is 2.00 bits per heavy atom. The van der Waals surface area contributed by atoms with Crippen molar-refractivity contribution in [1.82, 2.24) is 4.90 Å². The Kier molecular flexibility index (Phi) is 5.44. The van der Waals surface area contributed by atoms with Crippen LogP contribution in [-0.2, 0) is 12.0 Å². The smallest absolute Gasteiger partial charge is 0.255 e. The van der Waals surface area contributed by atoms with Gasteiger partial charge in [0.2, 0.25) is 0 Å². The van der Waals surface area contributed by atoms with Gasteiger partial charge in [0.1, 0.15) is 11.8 Å². The van der Waals surface area contributed by atoms with Gasteiger partial charge in [0.25, 0.3) is 5.91 Å². The molecular formula is C23H27N3O2. The number of ether oxygens (including phenoxy) is 1. The molecule has 146 valence electrons. The first-order valence-corrected chi connectivity index (χ1v) is 9.54. The number of hydrogen-bond donors (Lipinski definition) is 1. The van der Waals surface area contributed by atoms with Crippen molar-refractivity contribution in [3.8, 4) is 11.8 Å². The van der Waals surface area contributed by atoms with Crippen LogP contribution in [-0.4, -0.2) is 30.5 Å². The number of carbonyl (C=O) groups excluding carboxylic acids is 1. The molecule has 5 heteroatoms. The van der Waals surface area contributed by atoms with E-state index in [1.165, 1.54) is 11.1 Å². The summed E-state index contributed by atoms with van der Waals surface area (Å²) in [6.45, 7) is 10.1. The summed E-state index contributed by atoms with van der Waals surface area (Å²) in [4.78, 5) is 15.0. The average Bonchev–Trinajstić information content (AvgIpc) is 2.60. The summed E-state index contributed by atoms with van der Waals surface area (Å²) >= 11 is 0. The fourth-order valence-corrected chi connectivity index (χ4v) is 3.89. The minimum absolute atomic E-state index is 0.0374. The predicted molar refractivity (Wildman–Crippen MR) is 111 cm³/mol. The SMILES string of the molecule is CC(C)Oc1ccc(C(=O)Nc2ccc3c(c2)CN(C)CC3(C)C)cc1C#N. The minimum atomic E-state index is -0.240. The second-order valence-corrected chi connectivity index (χ2v) is 8.37. The van der Waals surface area contributed by atoms with Crippen LogP contribution >= 0.6 is 0 Å². The van der Waals surface area contributed by atoms with Gasteiger partial charge in [-0.3, -0.25) is 4.79 Å². The van der Waals surface area contributed by atoms with Gasteiger partial charge in [-0.25, -0.2) is 0 Å². The van der Waals surface area contributed by atoms with Gasteiger partial charge in [0.15, 0.2) is 0 Å². The van der Waals surface area contributed by atoms with Crippen LogP contribution in [0.25, 0.3) is 0 Å². The molecule has 1 aliphatic heterocycles. The summed E-state index contributed by atoms with van der Waals surface area (Å²) in [7, 11) is 2.11. The van der Waals surface area contributed by atoms with Crippen molar-refractivity contribution in [2.24, 2.45) is 0 Å². The van der Waals surface area contributed by atoms with Gasteiger partial charge in [-0.2, -0.15) is 5.26 Å². The summed E-state index contributed by atoms with van der Waals surface area (Å²) in [6.07, 6.45) is -0.0374. The third-order valence-electron chi connectivity index (χ3n) is 4.92. The molecule has 2 aromatic rings. The standard InChI is InChI=1S/C23H27N3O2/c1-15(2)28-21-9-6-16(10-17(21)12-24)22(27)25-19-7-8-20-18(11-19)13-26(5)14-23(20,3)4/h6-11,15H,13-14H2,1-5H3,(H,25,27). The minimum Gasteiger partial charge on any atom is -0.490 e. The molecule has 0 bridgehead atoms. The fourth-order valence-electron chi connectivity index (χ4n) is 3.89. The Morgan fingerprint density at radius 1 is 1.25 bits per heavy atom. The van der Waals surface area contributed by atoms with E-state index >= 15 is 0 Å². The lowest BCUT2D eigenvalue weighted by molar-refractivity contribution is 0.102. The molecule has 3 rings (SSSR count). The first-order valence-electron chi connectivity index (χ1n) is 9.54. The van der Waals surface area contributed by atoms with Gasteiger partial charge in [-0.1, -0.05) is 19.9 Å². The maximum Gasteiger partial charge on any atom is 0.255 e. The fraction of sp³-hybridized carbons (Fsp3) is 0.391. The molecule has 0 atom stereocenters. The van der Waals surface area contributed by atoms with E-state index in [-0.39, 0.29) is 17.4 Å². The molecule has 0 fully saturated rings. The Balaban J connectivity index is 1.82. The maximum absolute atomic E-state index is 12.7. The molecule has 1 amide bonds. The number of rotatable bonds is 4. The molecular weight excluding hydrogens is 350 g/mol. The molecule has 0 unspecified atom stereocenters. The largest absolute Gasteiger partial charge is 0.490 e. The lowest BCUT2D eigenvalue weighted by Gasteiger charge is -2.38. The Bertz CT molecular complexity index is 941. The Hall–Kier alpha value is -2.84. The van der Waals surface area contributed by atoms with E-state index in [2.05, 4.69) is 43.2 Å². The second kappa shape index (κ2) is 7.65. The van der Waals surface area contributed by atoms with E-state index in [0.29, 0.717) is 16.9 Å². The third kappa shape index (κ3) is 4.18. The third-order valence-corrected chi connectivity index (χ3v) is 4.92. The van der Waals surface area contributed by atoms with Crippen LogP contribution < -0.4 is 10.1 Å². The van der Waals surface area contributed by atoms with E-state index < -0.39 is 0 Å². The first-order chi connectivity index (χ1) is 13.2. The Labute approximate surface area is 166 Å². The van der Waals surface area contributed by atoms with Crippen molar-refractivity contribution >= 4 is 11.6 Å². The topological polar surface area (TPSA) is 65.4 Å². The Morgan fingerprint density at radius 3 is 2.68 bits per heavy atom. The molecule has 0 aromatic heterocycles. The molecule has 1 aliphatic rings. The zero-order chi connectivity index (χ0) is 20.5. The lowest BCUT2D eigenvalue weighted by atomic mass is 9.78. The van der Waals surface area contributed by atoms with Gasteiger partial charge in [-0.05, 0) is 62.4 Å². The van der Waals surface area contributed by atoms with Gasteiger partial charge in [-0.15, -0.1) is 0 Å². The van der Waals surface area contributed by atoms with Gasteiger partial charge in [0, 0.05) is 29.8 Å². The molecule has 0 radical (unpaired) electrons. The van der Waals surface area contributed by atoms with Crippen molar-refractivity contribution in [2.75, 3.05) is 18.9 Å². The van der Waals surface area contributed by atoms with E-state index in [0.717, 1.165) is 18.8 Å². The van der Waals surface area contributed by atoms with Crippen molar-refractivity contribution in [3.63, 3.8) is 0 Å². The molecule has 0 saturated carbocycles. The second-order valence-electron chi connectivity index (χ2n) is 8.37. The van der Waals surface area contributed by atoms with Gasteiger partial charge < -0.3 is 15.0 Å². The number of anilines is 1. The number of fused-ring (bicyclic) bond motifs is 1. The van der Waals surface area contributed by atoms with Gasteiger partial charge in [0.05, 0.1) is 11.7 Å². The van der Waals surface area contributed by atoms with Crippen LogP contribution in [0.4, 0.5) is 5.69 Å². The normalized spacial score (nSPS) is 15.6. The van der Waals surface area contributed by atoms with Crippen LogP contribution in [0.1, 0.15) is 54.7 Å². The maximum atomic E-state index is 12.7. The summed E-state index contributed by atoms with van der Waals surface area (Å²) < 4.78 is 5.62. The molecule has 0 aliphatic carbocycles. The van der Waals surface area contributed by atoms with Gasteiger partial charge >= 0.3 is 0 Å². The number of nitriles is 1.